The number of carbonyl (C=O) groups is 1. The predicted octanol–water partition coefficient (Wildman–Crippen LogP) is 2.69. The molecule has 0 saturated heterocycles. The molecule has 5 heteroatoms. The van der Waals surface area contributed by atoms with Crippen LogP contribution < -0.4 is 15.8 Å². The Morgan fingerprint density at radius 1 is 1.24 bits per heavy atom. The van der Waals surface area contributed by atoms with E-state index in [9.17, 15) is 9.18 Å². The maximum absolute atomic E-state index is 12.8. The summed E-state index contributed by atoms with van der Waals surface area (Å²) < 4.78 is 18.3. The Hall–Kier alpha value is -2.40. The third kappa shape index (κ3) is 4.03. The molecule has 4 nitrogen and oxygen atoms in total. The first kappa shape index (κ1) is 15.0. The zero-order valence-corrected chi connectivity index (χ0v) is 11.7. The molecule has 2 rings (SSSR count). The quantitative estimate of drug-likeness (QED) is 0.889. The highest BCUT2D eigenvalue weighted by molar-refractivity contribution is 5.94. The van der Waals surface area contributed by atoms with E-state index in [1.165, 1.54) is 24.3 Å². The second kappa shape index (κ2) is 6.85. The van der Waals surface area contributed by atoms with Gasteiger partial charge in [-0.1, -0.05) is 18.2 Å². The fraction of sp³-hybridized carbons (Fsp3) is 0.188. The number of rotatable bonds is 5. The summed E-state index contributed by atoms with van der Waals surface area (Å²) in [6.07, 6.45) is -0.707. The molecule has 0 aromatic heterocycles. The molecule has 1 atom stereocenters. The van der Waals surface area contributed by atoms with Crippen molar-refractivity contribution in [2.45, 2.75) is 19.6 Å². The van der Waals surface area contributed by atoms with Gasteiger partial charge in [-0.15, -0.1) is 0 Å². The van der Waals surface area contributed by atoms with Crippen molar-refractivity contribution in [2.75, 3.05) is 5.32 Å². The molecule has 0 saturated carbocycles. The molecule has 2 aromatic rings. The minimum atomic E-state index is -0.707. The Balaban J connectivity index is 2.01. The van der Waals surface area contributed by atoms with E-state index < -0.39 is 6.10 Å². The molecule has 0 radical (unpaired) electrons. The molecular formula is C16H17FN2O2. The zero-order valence-electron chi connectivity index (χ0n) is 11.7. The number of nitrogens with one attached hydrogen (secondary N) is 1. The van der Waals surface area contributed by atoms with E-state index in [0.29, 0.717) is 18.0 Å². The summed E-state index contributed by atoms with van der Waals surface area (Å²) in [4.78, 5) is 12.1. The summed E-state index contributed by atoms with van der Waals surface area (Å²) in [6.45, 7) is 1.97. The number of carbonyl (C=O) groups excluding carboxylic acids is 1. The fourth-order valence-corrected chi connectivity index (χ4v) is 1.83. The number of amides is 1. The number of anilines is 1. The lowest BCUT2D eigenvalue weighted by Crippen LogP contribution is -2.30. The average Bonchev–Trinajstić information content (AvgIpc) is 2.50. The Morgan fingerprint density at radius 3 is 2.57 bits per heavy atom. The highest BCUT2D eigenvalue weighted by Gasteiger charge is 2.15. The Bertz CT molecular complexity index is 614. The van der Waals surface area contributed by atoms with Gasteiger partial charge in [-0.25, -0.2) is 4.39 Å². The number of benzene rings is 2. The first-order valence-corrected chi connectivity index (χ1v) is 6.61. The van der Waals surface area contributed by atoms with Crippen LogP contribution in [0.3, 0.4) is 0 Å². The summed E-state index contributed by atoms with van der Waals surface area (Å²) in [7, 11) is 0. The lowest BCUT2D eigenvalue weighted by Gasteiger charge is -2.16. The SMILES string of the molecule is CC(Oc1ccc(F)cc1)C(=O)Nc1ccccc1CN. The van der Waals surface area contributed by atoms with Crippen LogP contribution in [-0.2, 0) is 11.3 Å². The van der Waals surface area contributed by atoms with Gasteiger partial charge in [0, 0.05) is 12.2 Å². The number of nitrogens with two attached hydrogens (primary N) is 1. The molecule has 0 bridgehead atoms. The summed E-state index contributed by atoms with van der Waals surface area (Å²) >= 11 is 0. The van der Waals surface area contributed by atoms with Gasteiger partial charge in [-0.3, -0.25) is 4.79 Å². The van der Waals surface area contributed by atoms with Crippen molar-refractivity contribution in [3.63, 3.8) is 0 Å². The predicted molar refractivity (Wildman–Crippen MR) is 79.5 cm³/mol. The van der Waals surface area contributed by atoms with Crippen molar-refractivity contribution < 1.29 is 13.9 Å². The van der Waals surface area contributed by atoms with Gasteiger partial charge in [-0.2, -0.15) is 0 Å². The Kier molecular flexibility index (Phi) is 4.90. The third-order valence-corrected chi connectivity index (χ3v) is 2.99. The minimum absolute atomic E-state index is 0.291. The zero-order chi connectivity index (χ0) is 15.2. The summed E-state index contributed by atoms with van der Waals surface area (Å²) in [6, 6.07) is 12.8. The number of halogens is 1. The lowest BCUT2D eigenvalue weighted by atomic mass is 10.1. The fourth-order valence-electron chi connectivity index (χ4n) is 1.83. The first-order chi connectivity index (χ1) is 10.1. The number of hydrogen-bond donors (Lipinski definition) is 2. The van der Waals surface area contributed by atoms with E-state index in [1.807, 2.05) is 18.2 Å². The largest absolute Gasteiger partial charge is 0.481 e. The van der Waals surface area contributed by atoms with Crippen LogP contribution in [0.2, 0.25) is 0 Å². The molecule has 0 aliphatic heterocycles. The van der Waals surface area contributed by atoms with Crippen LogP contribution in [0.1, 0.15) is 12.5 Å². The van der Waals surface area contributed by atoms with Gasteiger partial charge in [0.05, 0.1) is 0 Å². The van der Waals surface area contributed by atoms with Gasteiger partial charge in [0.25, 0.3) is 5.91 Å². The van der Waals surface area contributed by atoms with Gasteiger partial charge in [0.2, 0.25) is 0 Å². The smallest absolute Gasteiger partial charge is 0.265 e. The van der Waals surface area contributed by atoms with Crippen LogP contribution in [0.4, 0.5) is 10.1 Å². The van der Waals surface area contributed by atoms with Crippen LogP contribution in [0.15, 0.2) is 48.5 Å². The van der Waals surface area contributed by atoms with Gasteiger partial charge >= 0.3 is 0 Å². The van der Waals surface area contributed by atoms with Crippen molar-refractivity contribution in [3.8, 4) is 5.75 Å². The highest BCUT2D eigenvalue weighted by Crippen LogP contribution is 2.16. The summed E-state index contributed by atoms with van der Waals surface area (Å²) in [5, 5.41) is 2.77. The molecule has 0 heterocycles. The van der Waals surface area contributed by atoms with Crippen molar-refractivity contribution in [1.82, 2.24) is 0 Å². The van der Waals surface area contributed by atoms with Crippen molar-refractivity contribution >= 4 is 11.6 Å². The molecule has 0 fully saturated rings. The van der Waals surface area contributed by atoms with Gasteiger partial charge in [-0.05, 0) is 42.8 Å². The van der Waals surface area contributed by atoms with Crippen LogP contribution in [0, 0.1) is 5.82 Å². The lowest BCUT2D eigenvalue weighted by molar-refractivity contribution is -0.122. The van der Waals surface area contributed by atoms with Gasteiger partial charge in [0.15, 0.2) is 6.10 Å². The Morgan fingerprint density at radius 2 is 1.90 bits per heavy atom. The van der Waals surface area contributed by atoms with Gasteiger partial charge < -0.3 is 15.8 Å². The summed E-state index contributed by atoms with van der Waals surface area (Å²) in [5.41, 5.74) is 7.14. The average molecular weight is 288 g/mol. The normalized spacial score (nSPS) is 11.8. The van der Waals surface area contributed by atoms with Crippen LogP contribution >= 0.6 is 0 Å². The van der Waals surface area contributed by atoms with Gasteiger partial charge in [0.1, 0.15) is 11.6 Å². The summed E-state index contributed by atoms with van der Waals surface area (Å²) in [5.74, 6) is -0.206. The van der Waals surface area contributed by atoms with Crippen LogP contribution in [0.25, 0.3) is 0 Å². The first-order valence-electron chi connectivity index (χ1n) is 6.61. The topological polar surface area (TPSA) is 64.3 Å². The van der Waals surface area contributed by atoms with Crippen molar-refractivity contribution in [2.24, 2.45) is 5.73 Å². The maximum Gasteiger partial charge on any atom is 0.265 e. The third-order valence-electron chi connectivity index (χ3n) is 2.99. The van der Waals surface area contributed by atoms with Crippen LogP contribution in [0.5, 0.6) is 5.75 Å². The standard InChI is InChI=1S/C16H17FN2O2/c1-11(21-14-8-6-13(17)7-9-14)16(20)19-15-5-3-2-4-12(15)10-18/h2-9,11H,10,18H2,1H3,(H,19,20). The van der Waals surface area contributed by atoms with E-state index >= 15 is 0 Å². The molecule has 3 N–H and O–H groups in total. The number of para-hydroxylation sites is 1. The molecule has 1 amide bonds. The molecular weight excluding hydrogens is 271 g/mol. The van der Waals surface area contributed by atoms with Crippen molar-refractivity contribution in [3.05, 3.63) is 59.9 Å². The molecule has 0 aliphatic carbocycles. The minimum Gasteiger partial charge on any atom is -0.481 e. The molecule has 0 aliphatic rings. The van der Waals surface area contributed by atoms with E-state index in [-0.39, 0.29) is 11.7 Å². The monoisotopic (exact) mass is 288 g/mol. The molecule has 110 valence electrons. The Labute approximate surface area is 122 Å². The second-order valence-electron chi connectivity index (χ2n) is 4.56. The van der Waals surface area contributed by atoms with E-state index in [2.05, 4.69) is 5.32 Å². The maximum atomic E-state index is 12.8. The molecule has 2 aromatic carbocycles. The molecule has 21 heavy (non-hydrogen) atoms. The van der Waals surface area contributed by atoms with E-state index in [1.54, 1.807) is 13.0 Å². The van der Waals surface area contributed by atoms with Crippen LogP contribution in [-0.4, -0.2) is 12.0 Å². The molecule has 0 spiro atoms. The highest BCUT2D eigenvalue weighted by atomic mass is 19.1. The molecule has 1 unspecified atom stereocenters. The van der Waals surface area contributed by atoms with E-state index in [4.69, 9.17) is 10.5 Å². The number of hydrogen-bond acceptors (Lipinski definition) is 3. The number of ether oxygens (including phenoxy) is 1. The van der Waals surface area contributed by atoms with Crippen molar-refractivity contribution in [1.29, 1.82) is 0 Å². The van der Waals surface area contributed by atoms with E-state index in [0.717, 1.165) is 5.56 Å². The second-order valence-corrected chi connectivity index (χ2v) is 4.56.